The van der Waals surface area contributed by atoms with E-state index in [4.69, 9.17) is 0 Å². The fraction of sp³-hybridized carbons (Fsp3) is 0.111. The minimum atomic E-state index is -0.541. The summed E-state index contributed by atoms with van der Waals surface area (Å²) in [5.74, 6) is -0.645. The molecule has 1 aromatic carbocycles. The molecule has 9 nitrogen and oxygen atoms in total. The maximum Gasteiger partial charge on any atom is 0.297 e. The Morgan fingerprint density at radius 2 is 2.28 bits per heavy atom. The maximum atomic E-state index is 11.6. The second kappa shape index (κ2) is 4.57. The van der Waals surface area contributed by atoms with Crippen molar-refractivity contribution in [1.82, 2.24) is 20.6 Å². The lowest BCUT2D eigenvalue weighted by Crippen LogP contribution is -2.14. The zero-order valence-electron chi connectivity index (χ0n) is 9.25. The molecule has 1 aromatic heterocycles. The molecule has 9 heteroatoms. The number of H-pyrrole nitrogens is 1. The van der Waals surface area contributed by atoms with E-state index in [1.165, 1.54) is 18.2 Å². The van der Waals surface area contributed by atoms with Crippen LogP contribution in [0.1, 0.15) is 16.2 Å². The molecule has 0 unspecified atom stereocenters. The highest BCUT2D eigenvalue weighted by Crippen LogP contribution is 2.21. The predicted molar refractivity (Wildman–Crippen MR) is 60.0 cm³/mol. The molecule has 1 amide bonds. The molecule has 0 aliphatic heterocycles. The number of non-ortho nitro benzene ring substituents is 1. The molecule has 0 atom stereocenters. The Labute approximate surface area is 100 Å². The van der Waals surface area contributed by atoms with E-state index in [1.807, 2.05) is 0 Å². The number of benzene rings is 1. The van der Waals surface area contributed by atoms with Gasteiger partial charge < -0.3 is 5.32 Å². The first-order chi connectivity index (χ1) is 8.58. The third-order valence-corrected chi connectivity index (χ3v) is 2.22. The molecular weight excluding hydrogens is 240 g/mol. The topological polar surface area (TPSA) is 127 Å². The number of nitro benzene ring substituents is 1. The molecule has 0 spiro atoms. The quantitative estimate of drug-likeness (QED) is 0.607. The molecule has 18 heavy (non-hydrogen) atoms. The summed E-state index contributed by atoms with van der Waals surface area (Å²) in [6.45, 7) is 1.65. The molecule has 1 heterocycles. The van der Waals surface area contributed by atoms with Gasteiger partial charge in [0, 0.05) is 17.8 Å². The van der Waals surface area contributed by atoms with Crippen LogP contribution in [-0.2, 0) is 0 Å². The summed E-state index contributed by atoms with van der Waals surface area (Å²) in [7, 11) is 0. The summed E-state index contributed by atoms with van der Waals surface area (Å²) in [5, 5.41) is 25.5. The van der Waals surface area contributed by atoms with E-state index in [9.17, 15) is 14.9 Å². The van der Waals surface area contributed by atoms with Gasteiger partial charge in [0.15, 0.2) is 0 Å². The van der Waals surface area contributed by atoms with Gasteiger partial charge in [-0.15, -0.1) is 10.2 Å². The number of carbonyl (C=O) groups excluding carboxylic acids is 1. The van der Waals surface area contributed by atoms with Crippen molar-refractivity contribution in [2.75, 3.05) is 5.32 Å². The lowest BCUT2D eigenvalue weighted by Gasteiger charge is -2.05. The van der Waals surface area contributed by atoms with E-state index in [-0.39, 0.29) is 11.5 Å². The number of nitrogens with zero attached hydrogens (tertiary/aromatic N) is 4. The van der Waals surface area contributed by atoms with E-state index < -0.39 is 10.8 Å². The lowest BCUT2D eigenvalue weighted by atomic mass is 10.2. The zero-order valence-corrected chi connectivity index (χ0v) is 9.25. The molecule has 0 aliphatic rings. The SMILES string of the molecule is Cc1cc([N+](=O)[O-])ccc1NC(=O)c1nn[nH]n1. The first-order valence-electron chi connectivity index (χ1n) is 4.88. The highest BCUT2D eigenvalue weighted by molar-refractivity contribution is 6.01. The summed E-state index contributed by atoms with van der Waals surface area (Å²) in [6, 6.07) is 4.12. The smallest absolute Gasteiger partial charge is 0.297 e. The Hall–Kier alpha value is -2.84. The standard InChI is InChI=1S/C9H8N6O3/c1-5-4-6(15(17)18)2-3-7(5)10-9(16)8-11-13-14-12-8/h2-4H,1H3,(H,10,16)(H,11,12,13,14). The van der Waals surface area contributed by atoms with E-state index in [1.54, 1.807) is 6.92 Å². The summed E-state index contributed by atoms with van der Waals surface area (Å²) >= 11 is 0. The number of amides is 1. The van der Waals surface area contributed by atoms with E-state index in [0.29, 0.717) is 11.3 Å². The Morgan fingerprint density at radius 3 is 2.83 bits per heavy atom. The Kier molecular flexibility index (Phi) is 2.96. The third kappa shape index (κ3) is 2.29. The average molecular weight is 248 g/mol. The first kappa shape index (κ1) is 11.6. The van der Waals surface area contributed by atoms with Gasteiger partial charge in [-0.25, -0.2) is 0 Å². The minimum Gasteiger partial charge on any atom is -0.319 e. The number of aryl methyl sites for hydroxylation is 1. The van der Waals surface area contributed by atoms with Crippen LogP contribution in [0, 0.1) is 17.0 Å². The van der Waals surface area contributed by atoms with Gasteiger partial charge in [-0.3, -0.25) is 14.9 Å². The molecule has 2 N–H and O–H groups in total. The van der Waals surface area contributed by atoms with Crippen LogP contribution in [0.3, 0.4) is 0 Å². The van der Waals surface area contributed by atoms with E-state index in [0.717, 1.165) is 0 Å². The molecule has 0 saturated heterocycles. The number of anilines is 1. The van der Waals surface area contributed by atoms with Gasteiger partial charge >= 0.3 is 0 Å². The molecule has 2 rings (SSSR count). The maximum absolute atomic E-state index is 11.6. The van der Waals surface area contributed by atoms with Crippen molar-refractivity contribution in [3.8, 4) is 0 Å². The fourth-order valence-corrected chi connectivity index (χ4v) is 1.34. The molecule has 0 aliphatic carbocycles. The number of hydrogen-bond donors (Lipinski definition) is 2. The van der Waals surface area contributed by atoms with Crippen LogP contribution in [0.5, 0.6) is 0 Å². The second-order valence-electron chi connectivity index (χ2n) is 3.45. The van der Waals surface area contributed by atoms with Gasteiger partial charge in [0.2, 0.25) is 0 Å². The highest BCUT2D eigenvalue weighted by atomic mass is 16.6. The molecule has 2 aromatic rings. The van der Waals surface area contributed by atoms with Crippen molar-refractivity contribution in [1.29, 1.82) is 0 Å². The lowest BCUT2D eigenvalue weighted by molar-refractivity contribution is -0.384. The van der Waals surface area contributed by atoms with Gasteiger partial charge in [-0.2, -0.15) is 5.21 Å². The number of aromatic nitrogens is 4. The number of tetrazole rings is 1. The number of aromatic amines is 1. The van der Waals surface area contributed by atoms with Gasteiger partial charge in [0.1, 0.15) is 0 Å². The minimum absolute atomic E-state index is 0.0370. The third-order valence-electron chi connectivity index (χ3n) is 2.22. The van der Waals surface area contributed by atoms with Crippen LogP contribution in [0.25, 0.3) is 0 Å². The van der Waals surface area contributed by atoms with Crippen molar-refractivity contribution >= 4 is 17.3 Å². The number of rotatable bonds is 3. The van der Waals surface area contributed by atoms with Crippen molar-refractivity contribution in [3.05, 3.63) is 39.7 Å². The fourth-order valence-electron chi connectivity index (χ4n) is 1.34. The largest absolute Gasteiger partial charge is 0.319 e. The number of carbonyl (C=O) groups is 1. The number of nitro groups is 1. The summed E-state index contributed by atoms with van der Waals surface area (Å²) in [5.41, 5.74) is 0.988. The Balaban J connectivity index is 2.20. The normalized spacial score (nSPS) is 10.1. The van der Waals surface area contributed by atoms with Crippen LogP contribution in [0.4, 0.5) is 11.4 Å². The van der Waals surface area contributed by atoms with Crippen molar-refractivity contribution in [2.45, 2.75) is 6.92 Å². The van der Waals surface area contributed by atoms with Crippen LogP contribution in [0.2, 0.25) is 0 Å². The van der Waals surface area contributed by atoms with Crippen molar-refractivity contribution in [2.24, 2.45) is 0 Å². The molecule has 92 valence electrons. The highest BCUT2D eigenvalue weighted by Gasteiger charge is 2.14. The van der Waals surface area contributed by atoms with Gasteiger partial charge in [0.05, 0.1) is 4.92 Å². The van der Waals surface area contributed by atoms with Crippen molar-refractivity contribution < 1.29 is 9.72 Å². The summed E-state index contributed by atoms with van der Waals surface area (Å²) in [4.78, 5) is 21.7. The number of hydrogen-bond acceptors (Lipinski definition) is 6. The van der Waals surface area contributed by atoms with Crippen LogP contribution >= 0.6 is 0 Å². The van der Waals surface area contributed by atoms with Crippen LogP contribution in [0.15, 0.2) is 18.2 Å². The Morgan fingerprint density at radius 1 is 1.50 bits per heavy atom. The molecule has 0 saturated carbocycles. The first-order valence-corrected chi connectivity index (χ1v) is 4.88. The zero-order chi connectivity index (χ0) is 13.1. The molecule has 0 radical (unpaired) electrons. The van der Waals surface area contributed by atoms with Crippen LogP contribution in [-0.4, -0.2) is 31.5 Å². The summed E-state index contributed by atoms with van der Waals surface area (Å²) < 4.78 is 0. The molecule has 0 bridgehead atoms. The predicted octanol–water partition coefficient (Wildman–Crippen LogP) is 0.669. The van der Waals surface area contributed by atoms with Crippen LogP contribution < -0.4 is 5.32 Å². The summed E-state index contributed by atoms with van der Waals surface area (Å²) in [6.07, 6.45) is 0. The van der Waals surface area contributed by atoms with Gasteiger partial charge in [-0.05, 0) is 23.8 Å². The second-order valence-corrected chi connectivity index (χ2v) is 3.45. The van der Waals surface area contributed by atoms with E-state index in [2.05, 4.69) is 25.9 Å². The Bertz CT molecular complexity index is 594. The van der Waals surface area contributed by atoms with Gasteiger partial charge in [0.25, 0.3) is 17.4 Å². The van der Waals surface area contributed by atoms with Gasteiger partial charge in [-0.1, -0.05) is 0 Å². The molecular formula is C9H8N6O3. The molecule has 0 fully saturated rings. The van der Waals surface area contributed by atoms with E-state index >= 15 is 0 Å². The average Bonchev–Trinajstić information content (AvgIpc) is 2.85. The number of nitrogens with one attached hydrogen (secondary N) is 2. The monoisotopic (exact) mass is 248 g/mol. The van der Waals surface area contributed by atoms with Crippen molar-refractivity contribution in [3.63, 3.8) is 0 Å².